The van der Waals surface area contributed by atoms with Crippen LogP contribution in [-0.2, 0) is 9.53 Å². The van der Waals surface area contributed by atoms with Gasteiger partial charge in [-0.2, -0.15) is 0 Å². The summed E-state index contributed by atoms with van der Waals surface area (Å²) in [5.74, 6) is -0.142. The van der Waals surface area contributed by atoms with E-state index in [0.29, 0.717) is 22.8 Å². The number of aryl methyl sites for hydroxylation is 1. The molecule has 1 aliphatic carbocycles. The first-order valence-electron chi connectivity index (χ1n) is 9.50. The molecule has 2 heterocycles. The Bertz CT molecular complexity index is 1140. The molecule has 3 aromatic rings. The lowest BCUT2D eigenvalue weighted by Crippen LogP contribution is -2.16. The summed E-state index contributed by atoms with van der Waals surface area (Å²) in [5.41, 5.74) is 3.72. The zero-order valence-electron chi connectivity index (χ0n) is 16.2. The van der Waals surface area contributed by atoms with Gasteiger partial charge >= 0.3 is 5.97 Å². The van der Waals surface area contributed by atoms with Crippen LogP contribution in [0.5, 0.6) is 0 Å². The van der Waals surface area contributed by atoms with E-state index in [-0.39, 0.29) is 5.56 Å². The number of H-pyrrole nitrogens is 1. The Labute approximate surface area is 162 Å². The third-order valence-corrected chi connectivity index (χ3v) is 5.14. The predicted molar refractivity (Wildman–Crippen MR) is 108 cm³/mol. The molecule has 1 fully saturated rings. The van der Waals surface area contributed by atoms with Crippen LogP contribution in [0.3, 0.4) is 0 Å². The standard InChI is InChI=1S/C22H23N3O3/c1-13-12-16(14(2)25(13)17-9-10-17)8-11-20(26)28-15(3)21-23-19-7-5-4-6-18(19)22(27)24-21/h4-8,11-12,15,17H,9-10H2,1-3H3,(H,23,24,27)/b11-8+/t15-/m0/s1. The summed E-state index contributed by atoms with van der Waals surface area (Å²) in [6.45, 7) is 5.85. The van der Waals surface area contributed by atoms with Crippen molar-refractivity contribution in [2.75, 3.05) is 0 Å². The molecule has 0 saturated heterocycles. The zero-order chi connectivity index (χ0) is 19.8. The van der Waals surface area contributed by atoms with Gasteiger partial charge in [0.25, 0.3) is 5.56 Å². The summed E-state index contributed by atoms with van der Waals surface area (Å²) >= 11 is 0. The molecule has 28 heavy (non-hydrogen) atoms. The largest absolute Gasteiger partial charge is 0.451 e. The molecule has 1 saturated carbocycles. The fourth-order valence-electron chi connectivity index (χ4n) is 3.59. The number of hydrogen-bond donors (Lipinski definition) is 1. The van der Waals surface area contributed by atoms with Gasteiger partial charge in [0.2, 0.25) is 0 Å². The maximum Gasteiger partial charge on any atom is 0.331 e. The lowest BCUT2D eigenvalue weighted by atomic mass is 10.2. The molecule has 0 unspecified atom stereocenters. The Hall–Kier alpha value is -3.15. The zero-order valence-corrected chi connectivity index (χ0v) is 16.2. The topological polar surface area (TPSA) is 77.0 Å². The summed E-state index contributed by atoms with van der Waals surface area (Å²) in [4.78, 5) is 31.5. The van der Waals surface area contributed by atoms with Crippen LogP contribution in [0.4, 0.5) is 0 Å². The predicted octanol–water partition coefficient (Wildman–Crippen LogP) is 3.99. The number of ether oxygens (including phenoxy) is 1. The van der Waals surface area contributed by atoms with Crippen molar-refractivity contribution >= 4 is 22.9 Å². The number of benzene rings is 1. The molecule has 1 aromatic carbocycles. The highest BCUT2D eigenvalue weighted by molar-refractivity contribution is 5.87. The molecule has 0 amide bonds. The molecule has 0 spiro atoms. The summed E-state index contributed by atoms with van der Waals surface area (Å²) < 4.78 is 7.76. The maximum atomic E-state index is 12.3. The number of aromatic nitrogens is 3. The van der Waals surface area contributed by atoms with E-state index in [1.165, 1.54) is 24.6 Å². The highest BCUT2D eigenvalue weighted by Crippen LogP contribution is 2.38. The van der Waals surface area contributed by atoms with E-state index in [4.69, 9.17) is 4.74 Å². The fourth-order valence-corrected chi connectivity index (χ4v) is 3.59. The summed E-state index contributed by atoms with van der Waals surface area (Å²) in [6, 6.07) is 9.76. The van der Waals surface area contributed by atoms with E-state index in [0.717, 1.165) is 11.3 Å². The third-order valence-electron chi connectivity index (χ3n) is 5.14. The third kappa shape index (κ3) is 3.50. The number of carbonyl (C=O) groups is 1. The summed E-state index contributed by atoms with van der Waals surface area (Å²) in [5, 5.41) is 0.510. The average molecular weight is 377 g/mol. The van der Waals surface area contributed by atoms with Crippen LogP contribution in [-0.4, -0.2) is 20.5 Å². The number of nitrogens with one attached hydrogen (secondary N) is 1. The van der Waals surface area contributed by atoms with Gasteiger partial charge in [0.05, 0.1) is 10.9 Å². The van der Waals surface area contributed by atoms with E-state index in [1.54, 1.807) is 31.2 Å². The van der Waals surface area contributed by atoms with E-state index >= 15 is 0 Å². The van der Waals surface area contributed by atoms with Crippen LogP contribution in [0.1, 0.15) is 54.7 Å². The highest BCUT2D eigenvalue weighted by atomic mass is 16.5. The minimum Gasteiger partial charge on any atom is -0.451 e. The molecule has 1 atom stereocenters. The molecule has 4 rings (SSSR count). The van der Waals surface area contributed by atoms with Gasteiger partial charge in [0.1, 0.15) is 0 Å². The van der Waals surface area contributed by atoms with Crippen molar-refractivity contribution in [2.45, 2.75) is 45.8 Å². The molecule has 0 aliphatic heterocycles. The van der Waals surface area contributed by atoms with Crippen molar-refractivity contribution < 1.29 is 9.53 Å². The van der Waals surface area contributed by atoms with Gasteiger partial charge in [-0.3, -0.25) is 4.79 Å². The molecule has 6 heteroatoms. The Morgan fingerprint density at radius 2 is 2.07 bits per heavy atom. The number of aromatic amines is 1. The molecule has 0 radical (unpaired) electrons. The number of rotatable bonds is 5. The fraction of sp³-hybridized carbons (Fsp3) is 0.318. The van der Waals surface area contributed by atoms with Crippen molar-refractivity contribution in [3.05, 3.63) is 69.5 Å². The molecule has 0 bridgehead atoms. The van der Waals surface area contributed by atoms with Gasteiger partial charge in [-0.05, 0) is 63.5 Å². The molecule has 1 aliphatic rings. The van der Waals surface area contributed by atoms with Gasteiger partial charge in [-0.15, -0.1) is 0 Å². The van der Waals surface area contributed by atoms with E-state index in [1.807, 2.05) is 6.07 Å². The lowest BCUT2D eigenvalue weighted by molar-refractivity contribution is -0.142. The van der Waals surface area contributed by atoms with Crippen molar-refractivity contribution in [3.8, 4) is 0 Å². The number of esters is 1. The second-order valence-electron chi connectivity index (χ2n) is 7.31. The van der Waals surface area contributed by atoms with Crippen LogP contribution >= 0.6 is 0 Å². The summed E-state index contributed by atoms with van der Waals surface area (Å²) in [7, 11) is 0. The van der Waals surface area contributed by atoms with Crippen molar-refractivity contribution in [1.82, 2.24) is 14.5 Å². The average Bonchev–Trinajstić information content (AvgIpc) is 3.45. The van der Waals surface area contributed by atoms with Crippen molar-refractivity contribution in [3.63, 3.8) is 0 Å². The lowest BCUT2D eigenvalue weighted by Gasteiger charge is -2.11. The Morgan fingerprint density at radius 3 is 2.82 bits per heavy atom. The van der Waals surface area contributed by atoms with Crippen LogP contribution < -0.4 is 5.56 Å². The van der Waals surface area contributed by atoms with Crippen molar-refractivity contribution in [2.24, 2.45) is 0 Å². The maximum absolute atomic E-state index is 12.3. The first-order chi connectivity index (χ1) is 13.4. The molecule has 144 valence electrons. The molecular formula is C22H23N3O3. The quantitative estimate of drug-likeness (QED) is 0.539. The number of nitrogens with zero attached hydrogens (tertiary/aromatic N) is 2. The van der Waals surface area contributed by atoms with E-state index < -0.39 is 12.1 Å². The van der Waals surface area contributed by atoms with Gasteiger partial charge in [0, 0.05) is 23.5 Å². The normalized spacial score (nSPS) is 15.2. The molecular weight excluding hydrogens is 354 g/mol. The Kier molecular flexibility index (Phi) is 4.63. The van der Waals surface area contributed by atoms with Gasteiger partial charge < -0.3 is 14.3 Å². The molecule has 1 N–H and O–H groups in total. The number of carbonyl (C=O) groups excluding carboxylic acids is 1. The second kappa shape index (κ2) is 7.11. The van der Waals surface area contributed by atoms with Gasteiger partial charge in [-0.25, -0.2) is 9.78 Å². The number of para-hydroxylation sites is 1. The van der Waals surface area contributed by atoms with E-state index in [2.05, 4.69) is 34.4 Å². The Balaban J connectivity index is 1.49. The summed E-state index contributed by atoms with van der Waals surface area (Å²) in [6.07, 6.45) is 4.99. The SMILES string of the molecule is Cc1cc(/C=C/C(=O)O[C@@H](C)c2nc3ccccc3c(=O)[nH]2)c(C)n1C1CC1. The van der Waals surface area contributed by atoms with Crippen LogP contribution in [0.2, 0.25) is 0 Å². The second-order valence-corrected chi connectivity index (χ2v) is 7.31. The van der Waals surface area contributed by atoms with Gasteiger partial charge in [-0.1, -0.05) is 12.1 Å². The minimum atomic E-state index is -0.659. The van der Waals surface area contributed by atoms with Crippen LogP contribution in [0.25, 0.3) is 17.0 Å². The Morgan fingerprint density at radius 1 is 1.32 bits per heavy atom. The monoisotopic (exact) mass is 377 g/mol. The minimum absolute atomic E-state index is 0.244. The van der Waals surface area contributed by atoms with Crippen molar-refractivity contribution in [1.29, 1.82) is 0 Å². The van der Waals surface area contributed by atoms with E-state index in [9.17, 15) is 9.59 Å². The first kappa shape index (κ1) is 18.2. The van der Waals surface area contributed by atoms with Crippen LogP contribution in [0, 0.1) is 13.8 Å². The first-order valence-corrected chi connectivity index (χ1v) is 9.50. The molecule has 6 nitrogen and oxygen atoms in total. The number of hydrogen-bond acceptors (Lipinski definition) is 4. The van der Waals surface area contributed by atoms with Crippen LogP contribution in [0.15, 0.2) is 41.2 Å². The number of fused-ring (bicyclic) bond motifs is 1. The van der Waals surface area contributed by atoms with Gasteiger partial charge in [0.15, 0.2) is 11.9 Å². The smallest absolute Gasteiger partial charge is 0.331 e. The molecule has 2 aromatic heterocycles. The highest BCUT2D eigenvalue weighted by Gasteiger charge is 2.26.